The monoisotopic (exact) mass is 446 g/mol. The quantitative estimate of drug-likeness (QED) is 0.341. The van der Waals surface area contributed by atoms with Gasteiger partial charge < -0.3 is 24.5 Å². The molecule has 1 unspecified atom stereocenters. The Hall–Kier alpha value is -3.74. The second-order valence-corrected chi connectivity index (χ2v) is 8.48. The summed E-state index contributed by atoms with van der Waals surface area (Å²) in [4.78, 5) is 31.5. The number of hydrogen-bond donors (Lipinski definition) is 2. The maximum Gasteiger partial charge on any atom is 0.295 e. The van der Waals surface area contributed by atoms with E-state index in [-0.39, 0.29) is 17.4 Å². The average Bonchev–Trinajstić information content (AvgIpc) is 3.57. The lowest BCUT2D eigenvalue weighted by Crippen LogP contribution is -2.37. The minimum absolute atomic E-state index is 0.0724. The number of H-pyrrole nitrogens is 1. The summed E-state index contributed by atoms with van der Waals surface area (Å²) in [5, 5.41) is 12.2. The van der Waals surface area contributed by atoms with Gasteiger partial charge in [0.25, 0.3) is 11.7 Å². The molecule has 2 N–H and O–H groups in total. The normalized spacial score (nSPS) is 20.7. The van der Waals surface area contributed by atoms with Crippen molar-refractivity contribution in [2.45, 2.75) is 37.8 Å². The van der Waals surface area contributed by atoms with E-state index in [1.165, 1.54) is 7.11 Å². The van der Waals surface area contributed by atoms with Crippen LogP contribution in [0.3, 0.4) is 0 Å². The summed E-state index contributed by atoms with van der Waals surface area (Å²) >= 11 is 0. The lowest BCUT2D eigenvalue weighted by molar-refractivity contribution is -0.141. The largest absolute Gasteiger partial charge is 0.507 e. The average molecular weight is 447 g/mol. The first-order chi connectivity index (χ1) is 16.1. The number of amides is 1. The highest BCUT2D eigenvalue weighted by Gasteiger charge is 2.50. The molecule has 1 aliphatic carbocycles. The number of carbonyl (C=O) groups is 2. The van der Waals surface area contributed by atoms with Gasteiger partial charge >= 0.3 is 0 Å². The van der Waals surface area contributed by atoms with Gasteiger partial charge in [0.1, 0.15) is 5.76 Å². The van der Waals surface area contributed by atoms with Crippen molar-refractivity contribution in [3.05, 3.63) is 65.4 Å². The number of hydrogen-bond acceptors (Lipinski definition) is 5. The Bertz CT molecular complexity index is 1270. The molecule has 1 aliphatic heterocycles. The third-order valence-electron chi connectivity index (χ3n) is 6.77. The van der Waals surface area contributed by atoms with Crippen LogP contribution in [0.5, 0.6) is 11.5 Å². The van der Waals surface area contributed by atoms with E-state index in [0.29, 0.717) is 22.6 Å². The Balaban J connectivity index is 1.76. The summed E-state index contributed by atoms with van der Waals surface area (Å²) < 4.78 is 11.1. The van der Waals surface area contributed by atoms with Crippen molar-refractivity contribution in [2.24, 2.45) is 0 Å². The fraction of sp³-hybridized carbons (Fsp3) is 0.308. The fourth-order valence-corrected chi connectivity index (χ4v) is 5.25. The molecule has 0 spiro atoms. The van der Waals surface area contributed by atoms with Crippen LogP contribution in [0.2, 0.25) is 0 Å². The first-order valence-electron chi connectivity index (χ1n) is 11.1. The summed E-state index contributed by atoms with van der Waals surface area (Å²) in [5.74, 6) is -0.516. The standard InChI is InChI=1S/C26H26N2O5/c1-32-20-13-7-11-17(25(20)33-2)22-21(24(30)26(31)28(22)15-8-3-4-9-15)23(29)18-14-27-19-12-6-5-10-16(18)19/h5-7,10-15,22,27,29H,3-4,8-9H2,1-2H3/b23-21+. The van der Waals surface area contributed by atoms with Gasteiger partial charge in [-0.3, -0.25) is 9.59 Å². The molecule has 1 saturated carbocycles. The van der Waals surface area contributed by atoms with Crippen LogP contribution in [-0.2, 0) is 9.59 Å². The first-order valence-corrected chi connectivity index (χ1v) is 11.1. The molecule has 1 atom stereocenters. The molecular formula is C26H26N2O5. The van der Waals surface area contributed by atoms with E-state index >= 15 is 0 Å². The van der Waals surface area contributed by atoms with Gasteiger partial charge in [0, 0.05) is 34.3 Å². The number of aromatic amines is 1. The van der Waals surface area contributed by atoms with Crippen LogP contribution in [0.15, 0.2) is 54.2 Å². The highest BCUT2D eigenvalue weighted by molar-refractivity contribution is 6.47. The number of likely N-dealkylation sites (tertiary alicyclic amines) is 1. The van der Waals surface area contributed by atoms with Gasteiger partial charge in [-0.05, 0) is 25.0 Å². The molecule has 7 nitrogen and oxygen atoms in total. The molecule has 0 radical (unpaired) electrons. The van der Waals surface area contributed by atoms with Gasteiger partial charge in [-0.2, -0.15) is 0 Å². The summed E-state index contributed by atoms with van der Waals surface area (Å²) in [6.07, 6.45) is 5.31. The molecule has 2 aliphatic rings. The topological polar surface area (TPSA) is 91.9 Å². The summed E-state index contributed by atoms with van der Waals surface area (Å²) in [6.45, 7) is 0. The number of para-hydroxylation sites is 2. The van der Waals surface area contributed by atoms with Crippen LogP contribution in [0.4, 0.5) is 0 Å². The maximum absolute atomic E-state index is 13.4. The van der Waals surface area contributed by atoms with Gasteiger partial charge in [0.2, 0.25) is 0 Å². The van der Waals surface area contributed by atoms with Gasteiger partial charge in [-0.1, -0.05) is 43.2 Å². The van der Waals surface area contributed by atoms with E-state index in [4.69, 9.17) is 9.47 Å². The highest BCUT2D eigenvalue weighted by atomic mass is 16.5. The van der Waals surface area contributed by atoms with Crippen molar-refractivity contribution in [1.29, 1.82) is 0 Å². The van der Waals surface area contributed by atoms with Crippen LogP contribution in [0, 0.1) is 0 Å². The Morgan fingerprint density at radius 1 is 1.03 bits per heavy atom. The van der Waals surface area contributed by atoms with Crippen molar-refractivity contribution in [3.63, 3.8) is 0 Å². The molecular weight excluding hydrogens is 420 g/mol. The second-order valence-electron chi connectivity index (χ2n) is 8.48. The third kappa shape index (κ3) is 3.26. The Morgan fingerprint density at radius 3 is 2.52 bits per heavy atom. The van der Waals surface area contributed by atoms with Crippen molar-refractivity contribution >= 4 is 28.4 Å². The Morgan fingerprint density at radius 2 is 1.79 bits per heavy atom. The molecule has 33 heavy (non-hydrogen) atoms. The van der Waals surface area contributed by atoms with Crippen molar-refractivity contribution < 1.29 is 24.2 Å². The summed E-state index contributed by atoms with van der Waals surface area (Å²) in [7, 11) is 3.07. The number of ketones is 1. The molecule has 170 valence electrons. The predicted molar refractivity (Wildman–Crippen MR) is 124 cm³/mol. The summed E-state index contributed by atoms with van der Waals surface area (Å²) in [6, 6.07) is 12.1. The molecule has 1 aromatic heterocycles. The number of benzene rings is 2. The van der Waals surface area contributed by atoms with Crippen molar-refractivity contribution in [3.8, 4) is 11.5 Å². The van der Waals surface area contributed by atoms with Gasteiger partial charge in [0.15, 0.2) is 11.5 Å². The van der Waals surface area contributed by atoms with Gasteiger partial charge in [0.05, 0.1) is 25.8 Å². The van der Waals surface area contributed by atoms with E-state index in [1.54, 1.807) is 30.3 Å². The number of aromatic nitrogens is 1. The number of nitrogens with one attached hydrogen (secondary N) is 1. The number of aliphatic hydroxyl groups excluding tert-OH is 1. The number of carbonyl (C=O) groups excluding carboxylic acids is 2. The Kier molecular flexibility index (Phi) is 5.32. The van der Waals surface area contributed by atoms with Crippen LogP contribution in [-0.4, -0.2) is 46.9 Å². The van der Waals surface area contributed by atoms with Crippen LogP contribution in [0.25, 0.3) is 16.7 Å². The van der Waals surface area contributed by atoms with Gasteiger partial charge in [-0.15, -0.1) is 0 Å². The Labute approximate surface area is 191 Å². The molecule has 2 heterocycles. The van der Waals surface area contributed by atoms with Crippen molar-refractivity contribution in [2.75, 3.05) is 14.2 Å². The predicted octanol–water partition coefficient (Wildman–Crippen LogP) is 4.55. The number of aliphatic hydroxyl groups is 1. The third-order valence-corrected chi connectivity index (χ3v) is 6.77. The van der Waals surface area contributed by atoms with Crippen LogP contribution >= 0.6 is 0 Å². The van der Waals surface area contributed by atoms with Gasteiger partial charge in [-0.25, -0.2) is 0 Å². The molecule has 2 aromatic carbocycles. The molecule has 1 saturated heterocycles. The molecule has 3 aromatic rings. The number of rotatable bonds is 5. The van der Waals surface area contributed by atoms with E-state index < -0.39 is 17.7 Å². The SMILES string of the molecule is COc1cccc(C2/C(=C(\O)c3c[nH]c4ccccc34)C(=O)C(=O)N2C2CCCC2)c1OC. The zero-order valence-electron chi connectivity index (χ0n) is 18.6. The minimum atomic E-state index is -0.771. The number of ether oxygens (including phenoxy) is 2. The molecule has 2 fully saturated rings. The summed E-state index contributed by atoms with van der Waals surface area (Å²) in [5.41, 5.74) is 2.01. The first kappa shape index (κ1) is 21.1. The number of nitrogens with zero attached hydrogens (tertiary/aromatic N) is 1. The van der Waals surface area contributed by atoms with Crippen LogP contribution < -0.4 is 9.47 Å². The number of Topliss-reactive ketones (excluding diaryl/α,β-unsaturated/α-hetero) is 1. The minimum Gasteiger partial charge on any atom is -0.507 e. The lowest BCUT2D eigenvalue weighted by Gasteiger charge is -2.31. The molecule has 0 bridgehead atoms. The van der Waals surface area contributed by atoms with Crippen molar-refractivity contribution in [1.82, 2.24) is 9.88 Å². The zero-order valence-corrected chi connectivity index (χ0v) is 18.6. The lowest BCUT2D eigenvalue weighted by atomic mass is 9.93. The van der Waals surface area contributed by atoms with E-state index in [9.17, 15) is 14.7 Å². The highest BCUT2D eigenvalue weighted by Crippen LogP contribution is 2.48. The fourth-order valence-electron chi connectivity index (χ4n) is 5.25. The van der Waals surface area contributed by atoms with E-state index in [2.05, 4.69) is 4.98 Å². The smallest absolute Gasteiger partial charge is 0.295 e. The molecule has 7 heteroatoms. The molecule has 5 rings (SSSR count). The van der Waals surface area contributed by atoms with E-state index in [1.807, 2.05) is 30.3 Å². The number of methoxy groups -OCH3 is 2. The maximum atomic E-state index is 13.4. The van der Waals surface area contributed by atoms with E-state index in [0.717, 1.165) is 36.6 Å². The number of fused-ring (bicyclic) bond motifs is 1. The molecule has 1 amide bonds. The zero-order chi connectivity index (χ0) is 23.1. The second kappa shape index (κ2) is 8.31. The van der Waals surface area contributed by atoms with Crippen LogP contribution in [0.1, 0.15) is 42.9 Å².